The van der Waals surface area contributed by atoms with E-state index in [0.29, 0.717) is 26.2 Å². The van der Waals surface area contributed by atoms with Gasteiger partial charge in [-0.2, -0.15) is 0 Å². The Hall–Kier alpha value is -1.43. The van der Waals surface area contributed by atoms with Crippen molar-refractivity contribution in [3.05, 3.63) is 35.9 Å². The largest absolute Gasteiger partial charge is 0.388 e. The van der Waals surface area contributed by atoms with Crippen LogP contribution in [-0.2, 0) is 9.53 Å². The zero-order chi connectivity index (χ0) is 17.5. The summed E-state index contributed by atoms with van der Waals surface area (Å²) >= 11 is 0. The van der Waals surface area contributed by atoms with Gasteiger partial charge < -0.3 is 14.7 Å². The van der Waals surface area contributed by atoms with Gasteiger partial charge in [-0.05, 0) is 24.8 Å². The molecule has 2 heterocycles. The number of aliphatic hydroxyl groups excluding tert-OH is 1. The van der Waals surface area contributed by atoms with E-state index in [1.807, 2.05) is 35.2 Å². The van der Waals surface area contributed by atoms with Gasteiger partial charge in [0.25, 0.3) is 0 Å². The first-order valence-electron chi connectivity index (χ1n) is 9.56. The monoisotopic (exact) mass is 346 g/mol. The molecule has 1 aromatic rings. The Morgan fingerprint density at radius 3 is 2.56 bits per heavy atom. The Bertz CT molecular complexity index is 529. The number of ether oxygens (including phenoxy) is 1. The molecule has 2 unspecified atom stereocenters. The van der Waals surface area contributed by atoms with Crippen LogP contribution >= 0.6 is 0 Å². The number of amides is 1. The van der Waals surface area contributed by atoms with Crippen molar-refractivity contribution < 1.29 is 14.6 Å². The fourth-order valence-electron chi connectivity index (χ4n) is 3.78. The van der Waals surface area contributed by atoms with Crippen molar-refractivity contribution in [2.75, 3.05) is 39.4 Å². The van der Waals surface area contributed by atoms with Crippen molar-refractivity contribution >= 4 is 5.91 Å². The van der Waals surface area contributed by atoms with Crippen molar-refractivity contribution in [1.29, 1.82) is 0 Å². The van der Waals surface area contributed by atoms with Gasteiger partial charge in [0.1, 0.15) is 0 Å². The molecule has 2 aliphatic heterocycles. The van der Waals surface area contributed by atoms with Gasteiger partial charge >= 0.3 is 0 Å². The summed E-state index contributed by atoms with van der Waals surface area (Å²) in [4.78, 5) is 16.9. The van der Waals surface area contributed by atoms with Crippen LogP contribution in [0.25, 0.3) is 0 Å². The first-order chi connectivity index (χ1) is 12.2. The Balaban J connectivity index is 1.57. The number of morpholine rings is 1. The number of benzene rings is 1. The quantitative estimate of drug-likeness (QED) is 0.888. The van der Waals surface area contributed by atoms with Crippen LogP contribution in [0, 0.1) is 0 Å². The number of hydrogen-bond acceptors (Lipinski definition) is 4. The smallest absolute Gasteiger partial charge is 0.236 e. The van der Waals surface area contributed by atoms with Crippen LogP contribution < -0.4 is 0 Å². The van der Waals surface area contributed by atoms with Gasteiger partial charge in [-0.3, -0.25) is 9.69 Å². The van der Waals surface area contributed by atoms with Crippen molar-refractivity contribution in [3.63, 3.8) is 0 Å². The second-order valence-corrected chi connectivity index (χ2v) is 7.16. The molecule has 1 amide bonds. The number of rotatable bonds is 5. The minimum absolute atomic E-state index is 0.0832. The third kappa shape index (κ3) is 5.27. The van der Waals surface area contributed by atoms with E-state index in [4.69, 9.17) is 4.74 Å². The summed E-state index contributed by atoms with van der Waals surface area (Å²) in [6.45, 7) is 4.21. The summed E-state index contributed by atoms with van der Waals surface area (Å²) < 4.78 is 5.62. The minimum Gasteiger partial charge on any atom is -0.388 e. The maximum Gasteiger partial charge on any atom is 0.236 e. The first kappa shape index (κ1) is 18.4. The van der Waals surface area contributed by atoms with Crippen molar-refractivity contribution in [2.45, 2.75) is 44.2 Å². The van der Waals surface area contributed by atoms with E-state index >= 15 is 0 Å². The lowest BCUT2D eigenvalue weighted by Crippen LogP contribution is -2.51. The van der Waals surface area contributed by atoms with E-state index in [1.165, 1.54) is 12.8 Å². The molecule has 1 N–H and O–H groups in total. The highest BCUT2D eigenvalue weighted by Crippen LogP contribution is 2.22. The summed E-state index contributed by atoms with van der Waals surface area (Å²) in [6.07, 6.45) is 4.76. The summed E-state index contributed by atoms with van der Waals surface area (Å²) in [5, 5.41) is 10.5. The third-order valence-corrected chi connectivity index (χ3v) is 5.33. The molecule has 0 saturated carbocycles. The topological polar surface area (TPSA) is 53.0 Å². The van der Waals surface area contributed by atoms with E-state index in [0.717, 1.165) is 38.0 Å². The number of carbonyl (C=O) groups excluding carboxylic acids is 1. The molecule has 2 fully saturated rings. The maximum atomic E-state index is 12.7. The predicted octanol–water partition coefficient (Wildman–Crippen LogP) is 2.21. The lowest BCUT2D eigenvalue weighted by Gasteiger charge is -2.37. The van der Waals surface area contributed by atoms with Crippen LogP contribution in [0.1, 0.15) is 43.8 Å². The van der Waals surface area contributed by atoms with E-state index in [9.17, 15) is 9.90 Å². The molecule has 0 bridgehead atoms. The van der Waals surface area contributed by atoms with Crippen LogP contribution in [0.2, 0.25) is 0 Å². The molecule has 1 aromatic carbocycles. The van der Waals surface area contributed by atoms with Gasteiger partial charge in [-0.15, -0.1) is 0 Å². The molecule has 0 aliphatic carbocycles. The van der Waals surface area contributed by atoms with Gasteiger partial charge in [0.2, 0.25) is 5.91 Å². The SMILES string of the molecule is O=C(CN1CCOCC1CC(O)c1ccccc1)N1CCCCCC1. The van der Waals surface area contributed by atoms with E-state index in [-0.39, 0.29) is 11.9 Å². The van der Waals surface area contributed by atoms with Crippen LogP contribution in [0.15, 0.2) is 30.3 Å². The fraction of sp³-hybridized carbons (Fsp3) is 0.650. The molecule has 2 atom stereocenters. The zero-order valence-electron chi connectivity index (χ0n) is 15.0. The molecule has 2 saturated heterocycles. The Kier molecular flexibility index (Phi) is 6.84. The Morgan fingerprint density at radius 1 is 1.12 bits per heavy atom. The highest BCUT2D eigenvalue weighted by molar-refractivity contribution is 5.78. The number of likely N-dealkylation sites (tertiary alicyclic amines) is 1. The number of hydrogen-bond donors (Lipinski definition) is 1. The maximum absolute atomic E-state index is 12.7. The van der Waals surface area contributed by atoms with Gasteiger partial charge in [0.05, 0.1) is 25.9 Å². The summed E-state index contributed by atoms with van der Waals surface area (Å²) in [7, 11) is 0. The second kappa shape index (κ2) is 9.32. The molecule has 2 aliphatic rings. The summed E-state index contributed by atoms with van der Waals surface area (Å²) in [5.41, 5.74) is 0.923. The van der Waals surface area contributed by atoms with Gasteiger partial charge in [-0.25, -0.2) is 0 Å². The van der Waals surface area contributed by atoms with Crippen LogP contribution in [0.3, 0.4) is 0 Å². The number of carbonyl (C=O) groups is 1. The standard InChI is InChI=1S/C20H30N2O3/c23-19(17-8-4-3-5-9-17)14-18-16-25-13-12-22(18)15-20(24)21-10-6-1-2-7-11-21/h3-5,8-9,18-19,23H,1-2,6-7,10-16H2. The van der Waals surface area contributed by atoms with Crippen LogP contribution in [-0.4, -0.2) is 66.2 Å². The van der Waals surface area contributed by atoms with Crippen molar-refractivity contribution in [2.24, 2.45) is 0 Å². The molecule has 5 nitrogen and oxygen atoms in total. The van der Waals surface area contributed by atoms with Crippen LogP contribution in [0.4, 0.5) is 0 Å². The van der Waals surface area contributed by atoms with Crippen LogP contribution in [0.5, 0.6) is 0 Å². The average molecular weight is 346 g/mol. The van der Waals surface area contributed by atoms with Crippen molar-refractivity contribution in [3.8, 4) is 0 Å². The lowest BCUT2D eigenvalue weighted by molar-refractivity contribution is -0.135. The summed E-state index contributed by atoms with van der Waals surface area (Å²) in [5.74, 6) is 0.225. The Morgan fingerprint density at radius 2 is 1.84 bits per heavy atom. The van der Waals surface area contributed by atoms with E-state index < -0.39 is 6.10 Å². The zero-order valence-corrected chi connectivity index (χ0v) is 15.0. The molecule has 0 radical (unpaired) electrons. The summed E-state index contributed by atoms with van der Waals surface area (Å²) in [6, 6.07) is 9.81. The molecular weight excluding hydrogens is 316 g/mol. The molecule has 3 rings (SSSR count). The predicted molar refractivity (Wildman–Crippen MR) is 97.2 cm³/mol. The minimum atomic E-state index is -0.524. The van der Waals surface area contributed by atoms with Gasteiger partial charge in [-0.1, -0.05) is 43.2 Å². The lowest BCUT2D eigenvalue weighted by atomic mass is 10.0. The number of nitrogens with zero attached hydrogens (tertiary/aromatic N) is 2. The first-order valence-corrected chi connectivity index (χ1v) is 9.56. The molecule has 25 heavy (non-hydrogen) atoms. The van der Waals surface area contributed by atoms with Gasteiger partial charge in [0, 0.05) is 25.7 Å². The molecular formula is C20H30N2O3. The van der Waals surface area contributed by atoms with E-state index in [1.54, 1.807) is 0 Å². The molecule has 138 valence electrons. The fourth-order valence-corrected chi connectivity index (χ4v) is 3.78. The molecule has 5 heteroatoms. The normalized spacial score (nSPS) is 23.9. The van der Waals surface area contributed by atoms with E-state index in [2.05, 4.69) is 4.90 Å². The molecule has 0 spiro atoms. The Labute approximate surface area is 150 Å². The van der Waals surface area contributed by atoms with Crippen molar-refractivity contribution in [1.82, 2.24) is 9.80 Å². The highest BCUT2D eigenvalue weighted by Gasteiger charge is 2.29. The average Bonchev–Trinajstić information content (AvgIpc) is 2.93. The molecule has 0 aromatic heterocycles. The highest BCUT2D eigenvalue weighted by atomic mass is 16.5. The second-order valence-electron chi connectivity index (χ2n) is 7.16. The third-order valence-electron chi connectivity index (χ3n) is 5.33. The van der Waals surface area contributed by atoms with Gasteiger partial charge in [0.15, 0.2) is 0 Å². The number of aliphatic hydroxyl groups is 1.